The zero-order valence-electron chi connectivity index (χ0n) is 18.7. The average Bonchev–Trinajstić information content (AvgIpc) is 2.86. The fourth-order valence-corrected chi connectivity index (χ4v) is 4.98. The summed E-state index contributed by atoms with van der Waals surface area (Å²) < 4.78 is 1.66. The van der Waals surface area contributed by atoms with Crippen molar-refractivity contribution in [1.82, 2.24) is 20.2 Å². The molecular formula is C22H20N8O5S. The van der Waals surface area contributed by atoms with Gasteiger partial charge in [-0.2, -0.15) is 0 Å². The fourth-order valence-electron chi connectivity index (χ4n) is 3.65. The Balaban J connectivity index is 1.55. The van der Waals surface area contributed by atoms with Crippen molar-refractivity contribution in [2.75, 3.05) is 23.8 Å². The maximum Gasteiger partial charge on any atom is 0.278 e. The Morgan fingerprint density at radius 2 is 2.19 bits per heavy atom. The number of carboxylic acids is 1. The zero-order chi connectivity index (χ0) is 25.8. The van der Waals surface area contributed by atoms with Crippen LogP contribution >= 0.6 is 11.8 Å². The standard InChI is InChI=1S/C22H20N8O5S/c1-2-9-35-28-15(18-25-7-6-13(23)26-18)19(31)27-16-20(32)30-17(22(33)34)12(11-36-21(16)30)10-29-8-4-3-5-14(29)24/h1,3-8,16,21,24H,9-11H2,(H4,23,25,26,27,31,33,34)/t16?,21-/m1/s1. The van der Waals surface area contributed by atoms with Crippen LogP contribution in [0.3, 0.4) is 0 Å². The number of carbonyl (C=O) groups excluding carboxylic acids is 3. The van der Waals surface area contributed by atoms with Crippen LogP contribution in [0.15, 0.2) is 53.1 Å². The van der Waals surface area contributed by atoms with Crippen molar-refractivity contribution in [1.29, 1.82) is 0 Å². The van der Waals surface area contributed by atoms with Crippen molar-refractivity contribution in [3.63, 3.8) is 0 Å². The van der Waals surface area contributed by atoms with Gasteiger partial charge in [0.15, 0.2) is 12.4 Å². The number of nitrogens with two attached hydrogens (primary N) is 2. The first kappa shape index (κ1) is 24.5. The van der Waals surface area contributed by atoms with E-state index >= 15 is 0 Å². The molecule has 0 aliphatic carbocycles. The summed E-state index contributed by atoms with van der Waals surface area (Å²) in [7, 11) is 0. The molecule has 13 nitrogen and oxygen atoms in total. The Hall–Kier alpha value is -4.64. The minimum atomic E-state index is -1.50. The molecule has 36 heavy (non-hydrogen) atoms. The largest absolute Gasteiger partial charge is 0.543 e. The first-order chi connectivity index (χ1) is 17.3. The number of β-lactam (4-membered cyclic amide) rings is 1. The molecule has 0 saturated carbocycles. The number of rotatable bonds is 8. The van der Waals surface area contributed by atoms with Gasteiger partial charge < -0.3 is 25.8 Å². The number of carboxylic acid groups (broad SMARTS) is 1. The number of aromatic nitrogens is 3. The molecule has 0 bridgehead atoms. The van der Waals surface area contributed by atoms with Crippen LogP contribution < -0.4 is 26.5 Å². The summed E-state index contributed by atoms with van der Waals surface area (Å²) >= 11 is 1.29. The number of amides is 2. The number of nitrogens with one attached hydrogen (secondary N) is 1. The van der Waals surface area contributed by atoms with E-state index in [4.69, 9.17) is 22.7 Å². The second kappa shape index (κ2) is 10.3. The number of fused-ring (bicyclic) bond motifs is 1. The average molecular weight is 509 g/mol. The third-order valence-electron chi connectivity index (χ3n) is 5.27. The summed E-state index contributed by atoms with van der Waals surface area (Å²) in [4.78, 5) is 51.9. The van der Waals surface area contributed by atoms with E-state index in [1.54, 1.807) is 29.0 Å². The quantitative estimate of drug-likeness (QED) is 0.0849. The first-order valence-corrected chi connectivity index (χ1v) is 11.5. The number of nitrogen functional groups attached to an aromatic ring is 2. The highest BCUT2D eigenvalue weighted by molar-refractivity contribution is 8.00. The molecule has 1 fully saturated rings. The molecule has 1 saturated heterocycles. The van der Waals surface area contributed by atoms with Crippen LogP contribution in [0.25, 0.3) is 0 Å². The van der Waals surface area contributed by atoms with Crippen LogP contribution in [0.4, 0.5) is 11.6 Å². The number of oxime groups is 1. The number of pyridine rings is 1. The summed E-state index contributed by atoms with van der Waals surface area (Å²) in [5, 5.41) is 17.6. The minimum Gasteiger partial charge on any atom is -0.543 e. The van der Waals surface area contributed by atoms with E-state index in [1.165, 1.54) is 24.0 Å². The highest BCUT2D eigenvalue weighted by Gasteiger charge is 2.53. The van der Waals surface area contributed by atoms with Gasteiger partial charge in [-0.25, -0.2) is 14.5 Å². The molecule has 0 radical (unpaired) electrons. The van der Waals surface area contributed by atoms with Crippen molar-refractivity contribution in [3.8, 4) is 12.3 Å². The molecule has 2 aromatic heterocycles. The maximum atomic E-state index is 13.0. The topological polar surface area (TPSA) is 193 Å². The number of anilines is 2. The Kier molecular flexibility index (Phi) is 7.02. The lowest BCUT2D eigenvalue weighted by Crippen LogP contribution is -2.71. The summed E-state index contributed by atoms with van der Waals surface area (Å²) in [6.45, 7) is -0.0627. The number of terminal acetylenes is 1. The lowest BCUT2D eigenvalue weighted by molar-refractivity contribution is -0.674. The molecule has 14 heteroatoms. The Labute approximate surface area is 209 Å². The van der Waals surface area contributed by atoms with Gasteiger partial charge >= 0.3 is 0 Å². The lowest BCUT2D eigenvalue weighted by atomic mass is 10.0. The van der Waals surface area contributed by atoms with E-state index < -0.39 is 29.2 Å². The van der Waals surface area contributed by atoms with E-state index in [-0.39, 0.29) is 42.0 Å². The van der Waals surface area contributed by atoms with Gasteiger partial charge in [0.2, 0.25) is 5.71 Å². The summed E-state index contributed by atoms with van der Waals surface area (Å²) in [5.41, 5.74) is 11.5. The predicted octanol–water partition coefficient (Wildman–Crippen LogP) is -2.61. The van der Waals surface area contributed by atoms with Crippen molar-refractivity contribution >= 4 is 46.9 Å². The minimum absolute atomic E-state index is 0.0828. The number of thioether (sulfide) groups is 1. The van der Waals surface area contributed by atoms with Gasteiger partial charge in [0.05, 0.1) is 17.9 Å². The highest BCUT2D eigenvalue weighted by Crippen LogP contribution is 2.40. The number of nitrogens with zero attached hydrogens (tertiary/aromatic N) is 5. The second-order valence-electron chi connectivity index (χ2n) is 7.58. The third kappa shape index (κ3) is 4.77. The molecule has 184 valence electrons. The van der Waals surface area contributed by atoms with Gasteiger partial charge in [-0.1, -0.05) is 17.1 Å². The van der Waals surface area contributed by atoms with Crippen LogP contribution in [0.2, 0.25) is 0 Å². The van der Waals surface area contributed by atoms with E-state index in [0.717, 1.165) is 4.90 Å². The molecule has 0 aromatic carbocycles. The zero-order valence-corrected chi connectivity index (χ0v) is 19.5. The SMILES string of the molecule is C#CCON=C(C(=O)NC1C(=O)N2C(C(=O)[O-])=C(C[n+]3ccccc3N)CS[C@H]12)c1nccc(N)n1. The molecule has 2 amide bonds. The van der Waals surface area contributed by atoms with Crippen molar-refractivity contribution in [2.24, 2.45) is 5.16 Å². The van der Waals surface area contributed by atoms with Crippen LogP contribution in [0, 0.1) is 12.3 Å². The Morgan fingerprint density at radius 3 is 2.89 bits per heavy atom. The maximum absolute atomic E-state index is 13.0. The van der Waals surface area contributed by atoms with E-state index in [1.807, 2.05) is 0 Å². The molecule has 0 spiro atoms. The van der Waals surface area contributed by atoms with Crippen LogP contribution in [-0.4, -0.2) is 62.1 Å². The Morgan fingerprint density at radius 1 is 1.39 bits per heavy atom. The fraction of sp³-hybridized carbons (Fsp3) is 0.227. The molecule has 2 aromatic rings. The second-order valence-corrected chi connectivity index (χ2v) is 8.68. The Bertz CT molecular complexity index is 1340. The van der Waals surface area contributed by atoms with Crippen molar-refractivity contribution in [3.05, 3.63) is 53.8 Å². The van der Waals surface area contributed by atoms with Crippen LogP contribution in [-0.2, 0) is 25.8 Å². The summed E-state index contributed by atoms with van der Waals surface area (Å²) in [5.74, 6) is -0.0970. The van der Waals surface area contributed by atoms with E-state index in [0.29, 0.717) is 11.4 Å². The summed E-state index contributed by atoms with van der Waals surface area (Å²) in [6, 6.07) is 5.56. The third-order valence-corrected chi connectivity index (χ3v) is 6.61. The molecule has 1 unspecified atom stereocenters. The normalized spacial score (nSPS) is 19.1. The number of hydrogen-bond donors (Lipinski definition) is 3. The van der Waals surface area contributed by atoms with Crippen molar-refractivity contribution < 1.29 is 28.9 Å². The van der Waals surface area contributed by atoms with E-state index in [2.05, 4.69) is 26.4 Å². The lowest BCUT2D eigenvalue weighted by Gasteiger charge is -2.50. The van der Waals surface area contributed by atoms with Crippen LogP contribution in [0.1, 0.15) is 5.82 Å². The van der Waals surface area contributed by atoms with Crippen molar-refractivity contribution in [2.45, 2.75) is 18.0 Å². The van der Waals surface area contributed by atoms with E-state index in [9.17, 15) is 19.5 Å². The summed E-state index contributed by atoms with van der Waals surface area (Å²) in [6.07, 6.45) is 8.17. The molecule has 2 aliphatic rings. The van der Waals surface area contributed by atoms with Crippen LogP contribution in [0.5, 0.6) is 0 Å². The number of carbonyl (C=O) groups is 3. The molecule has 4 rings (SSSR count). The number of hydrogen-bond acceptors (Lipinski definition) is 11. The smallest absolute Gasteiger partial charge is 0.278 e. The molecule has 2 atom stereocenters. The molecule has 2 aliphatic heterocycles. The van der Waals surface area contributed by atoms with Gasteiger partial charge in [-0.05, 0) is 12.1 Å². The first-order valence-electron chi connectivity index (χ1n) is 10.5. The van der Waals surface area contributed by atoms with Gasteiger partial charge in [0, 0.05) is 23.6 Å². The van der Waals surface area contributed by atoms with Gasteiger partial charge in [0.25, 0.3) is 17.6 Å². The predicted molar refractivity (Wildman–Crippen MR) is 126 cm³/mol. The molecular weight excluding hydrogens is 488 g/mol. The van der Waals surface area contributed by atoms with Gasteiger partial charge in [0.1, 0.15) is 23.8 Å². The molecule has 4 heterocycles. The monoisotopic (exact) mass is 508 g/mol. The number of aliphatic carboxylic acids is 1. The van der Waals surface area contributed by atoms with Gasteiger partial charge in [-0.3, -0.25) is 20.2 Å². The van der Waals surface area contributed by atoms with Gasteiger partial charge in [-0.15, -0.1) is 18.2 Å². The highest BCUT2D eigenvalue weighted by atomic mass is 32.2. The molecule has 5 N–H and O–H groups in total.